The van der Waals surface area contributed by atoms with E-state index in [1.54, 1.807) is 6.92 Å². The van der Waals surface area contributed by atoms with Gasteiger partial charge in [0.1, 0.15) is 0 Å². The van der Waals surface area contributed by atoms with Crippen LogP contribution in [0.5, 0.6) is 0 Å². The maximum atomic E-state index is 12.3. The van der Waals surface area contributed by atoms with Crippen molar-refractivity contribution < 1.29 is 13.2 Å². The van der Waals surface area contributed by atoms with Crippen LogP contribution in [0.15, 0.2) is 29.2 Å². The van der Waals surface area contributed by atoms with Crippen LogP contribution in [0.25, 0.3) is 0 Å². The Balaban J connectivity index is 1.98. The van der Waals surface area contributed by atoms with Gasteiger partial charge in [-0.1, -0.05) is 31.4 Å². The van der Waals surface area contributed by atoms with Crippen LogP contribution in [0, 0.1) is 5.92 Å². The third kappa shape index (κ3) is 4.93. The largest absolute Gasteiger partial charge is 0.352 e. The first kappa shape index (κ1) is 18.2. The van der Waals surface area contributed by atoms with Gasteiger partial charge in [-0.15, -0.1) is 0 Å². The third-order valence-corrected chi connectivity index (χ3v) is 6.10. The van der Waals surface area contributed by atoms with Crippen molar-refractivity contribution in [2.24, 2.45) is 5.92 Å². The molecule has 3 atom stereocenters. The first-order chi connectivity index (χ1) is 10.8. The van der Waals surface area contributed by atoms with Gasteiger partial charge in [-0.25, -0.2) is 8.42 Å². The van der Waals surface area contributed by atoms with Gasteiger partial charge in [0.25, 0.3) is 0 Å². The fourth-order valence-corrected chi connectivity index (χ4v) is 4.14. The lowest BCUT2D eigenvalue weighted by Gasteiger charge is -2.30. The van der Waals surface area contributed by atoms with Gasteiger partial charge in [0, 0.05) is 11.1 Å². The van der Waals surface area contributed by atoms with Crippen LogP contribution in [-0.4, -0.2) is 26.4 Å². The highest BCUT2D eigenvalue weighted by atomic mass is 35.5. The monoisotopic (exact) mass is 358 g/mol. The number of benzene rings is 1. The summed E-state index contributed by atoms with van der Waals surface area (Å²) in [6.45, 7) is 3.67. The molecule has 1 aliphatic rings. The van der Waals surface area contributed by atoms with Crippen molar-refractivity contribution >= 4 is 27.5 Å². The Kier molecular flexibility index (Phi) is 6.06. The van der Waals surface area contributed by atoms with E-state index in [0.29, 0.717) is 10.9 Å². The maximum absolute atomic E-state index is 12.3. The van der Waals surface area contributed by atoms with E-state index in [1.807, 2.05) is 0 Å². The smallest absolute Gasteiger partial charge is 0.241 e. The number of amides is 1. The molecule has 0 spiro atoms. The number of hydrogen-bond donors (Lipinski definition) is 2. The van der Waals surface area contributed by atoms with E-state index in [4.69, 9.17) is 11.6 Å². The predicted molar refractivity (Wildman–Crippen MR) is 90.8 cm³/mol. The van der Waals surface area contributed by atoms with Crippen LogP contribution in [0.3, 0.4) is 0 Å². The number of carbonyl (C=O) groups is 1. The van der Waals surface area contributed by atoms with Crippen molar-refractivity contribution in [3.8, 4) is 0 Å². The number of nitrogens with one attached hydrogen (secondary N) is 2. The molecule has 2 N–H and O–H groups in total. The molecule has 7 heteroatoms. The molecule has 0 saturated heterocycles. The lowest BCUT2D eigenvalue weighted by atomic mass is 9.86. The third-order valence-electron chi connectivity index (χ3n) is 4.29. The van der Waals surface area contributed by atoms with Crippen molar-refractivity contribution in [1.29, 1.82) is 0 Å². The van der Waals surface area contributed by atoms with Gasteiger partial charge in [0.15, 0.2) is 0 Å². The molecule has 0 aromatic heterocycles. The summed E-state index contributed by atoms with van der Waals surface area (Å²) in [5.41, 5.74) is 0. The molecule has 1 aromatic carbocycles. The van der Waals surface area contributed by atoms with Gasteiger partial charge in [-0.05, 0) is 49.9 Å². The minimum Gasteiger partial charge on any atom is -0.352 e. The molecule has 1 aliphatic carbocycles. The lowest BCUT2D eigenvalue weighted by Crippen LogP contribution is -2.50. The van der Waals surface area contributed by atoms with E-state index in [2.05, 4.69) is 17.0 Å². The minimum atomic E-state index is -3.75. The Morgan fingerprint density at radius 1 is 1.22 bits per heavy atom. The standard InChI is InChI=1S/C16H23ClN2O3S/c1-11-5-3-4-6-15(11)18-16(20)12(2)19-23(21,22)14-9-7-13(17)8-10-14/h7-12,15,19H,3-6H2,1-2H3,(H,18,20). The second-order valence-corrected chi connectivity index (χ2v) is 8.32. The molecule has 2 rings (SSSR count). The van der Waals surface area contributed by atoms with Crippen LogP contribution in [-0.2, 0) is 14.8 Å². The second-order valence-electron chi connectivity index (χ2n) is 6.17. The fourth-order valence-electron chi connectivity index (χ4n) is 2.81. The summed E-state index contributed by atoms with van der Waals surface area (Å²) in [6, 6.07) is 5.13. The second kappa shape index (κ2) is 7.64. The normalized spacial score (nSPS) is 23.3. The molecule has 0 radical (unpaired) electrons. The van der Waals surface area contributed by atoms with Gasteiger partial charge in [0.05, 0.1) is 10.9 Å². The van der Waals surface area contributed by atoms with Crippen molar-refractivity contribution in [3.05, 3.63) is 29.3 Å². The summed E-state index contributed by atoms with van der Waals surface area (Å²) in [5, 5.41) is 3.42. The van der Waals surface area contributed by atoms with Gasteiger partial charge >= 0.3 is 0 Å². The SMILES string of the molecule is CC(NS(=O)(=O)c1ccc(Cl)cc1)C(=O)NC1CCCCC1C. The van der Waals surface area contributed by atoms with Crippen molar-refractivity contribution in [3.63, 3.8) is 0 Å². The number of carbonyl (C=O) groups excluding carboxylic acids is 1. The number of rotatable bonds is 5. The van der Waals surface area contributed by atoms with E-state index >= 15 is 0 Å². The Labute approximate surface area is 142 Å². The zero-order valence-corrected chi connectivity index (χ0v) is 15.0. The highest BCUT2D eigenvalue weighted by Crippen LogP contribution is 2.23. The quantitative estimate of drug-likeness (QED) is 0.849. The van der Waals surface area contributed by atoms with E-state index in [-0.39, 0.29) is 16.8 Å². The first-order valence-corrected chi connectivity index (χ1v) is 9.74. The topological polar surface area (TPSA) is 75.3 Å². The summed E-state index contributed by atoms with van der Waals surface area (Å²) in [4.78, 5) is 12.4. The Morgan fingerprint density at radius 3 is 2.43 bits per heavy atom. The molecular formula is C16H23ClN2O3S. The van der Waals surface area contributed by atoms with Crippen LogP contribution >= 0.6 is 11.6 Å². The number of halogens is 1. The molecule has 5 nitrogen and oxygen atoms in total. The zero-order chi connectivity index (χ0) is 17.0. The van der Waals surface area contributed by atoms with Crippen LogP contribution < -0.4 is 10.0 Å². The van der Waals surface area contributed by atoms with Crippen LogP contribution in [0.2, 0.25) is 5.02 Å². The maximum Gasteiger partial charge on any atom is 0.241 e. The average molecular weight is 359 g/mol. The summed E-state index contributed by atoms with van der Waals surface area (Å²) >= 11 is 5.76. The van der Waals surface area contributed by atoms with Crippen molar-refractivity contribution in [2.45, 2.75) is 56.5 Å². The molecule has 1 amide bonds. The summed E-state index contributed by atoms with van der Waals surface area (Å²) in [6.07, 6.45) is 4.33. The molecule has 0 aliphatic heterocycles. The molecule has 3 unspecified atom stereocenters. The molecule has 1 aromatic rings. The van der Waals surface area contributed by atoms with Crippen LogP contribution in [0.1, 0.15) is 39.5 Å². The Bertz CT molecular complexity index is 646. The number of hydrogen-bond acceptors (Lipinski definition) is 3. The fraction of sp³-hybridized carbons (Fsp3) is 0.562. The van der Waals surface area contributed by atoms with Gasteiger partial charge in [0.2, 0.25) is 15.9 Å². The molecule has 1 saturated carbocycles. The molecule has 1 fully saturated rings. The predicted octanol–water partition coefficient (Wildman–Crippen LogP) is 2.70. The van der Waals surface area contributed by atoms with Crippen molar-refractivity contribution in [1.82, 2.24) is 10.0 Å². The van der Waals surface area contributed by atoms with E-state index < -0.39 is 16.1 Å². The first-order valence-electron chi connectivity index (χ1n) is 7.88. The summed E-state index contributed by atoms with van der Waals surface area (Å²) in [5.74, 6) is 0.133. The van der Waals surface area contributed by atoms with Crippen LogP contribution in [0.4, 0.5) is 0 Å². The van der Waals surface area contributed by atoms with E-state index in [1.165, 1.54) is 30.7 Å². The minimum absolute atomic E-state index is 0.0904. The van der Waals surface area contributed by atoms with Gasteiger partial charge in [-0.3, -0.25) is 4.79 Å². The van der Waals surface area contributed by atoms with E-state index in [0.717, 1.165) is 19.3 Å². The van der Waals surface area contributed by atoms with Crippen molar-refractivity contribution in [2.75, 3.05) is 0 Å². The lowest BCUT2D eigenvalue weighted by molar-refractivity contribution is -0.123. The molecule has 23 heavy (non-hydrogen) atoms. The Morgan fingerprint density at radius 2 is 1.83 bits per heavy atom. The number of sulfonamides is 1. The van der Waals surface area contributed by atoms with Gasteiger partial charge in [-0.2, -0.15) is 4.72 Å². The summed E-state index contributed by atoms with van der Waals surface area (Å²) in [7, 11) is -3.75. The zero-order valence-electron chi connectivity index (χ0n) is 13.4. The highest BCUT2D eigenvalue weighted by molar-refractivity contribution is 7.89. The van der Waals surface area contributed by atoms with Gasteiger partial charge < -0.3 is 5.32 Å². The summed E-state index contributed by atoms with van der Waals surface area (Å²) < 4.78 is 27.0. The molecule has 0 heterocycles. The molecular weight excluding hydrogens is 336 g/mol. The van der Waals surface area contributed by atoms with E-state index in [9.17, 15) is 13.2 Å². The average Bonchev–Trinajstić information content (AvgIpc) is 2.49. The molecule has 0 bridgehead atoms. The molecule has 128 valence electrons. The highest BCUT2D eigenvalue weighted by Gasteiger charge is 2.27. The Hall–Kier alpha value is -1.11.